The third-order valence-electron chi connectivity index (χ3n) is 4.39. The Morgan fingerprint density at radius 3 is 2.62 bits per heavy atom. The molecule has 21 heavy (non-hydrogen) atoms. The maximum absolute atomic E-state index is 12.4. The van der Waals surface area contributed by atoms with Gasteiger partial charge in [-0.15, -0.1) is 0 Å². The highest BCUT2D eigenvalue weighted by atomic mass is 16.5. The Morgan fingerprint density at radius 2 is 1.95 bits per heavy atom. The number of nitrogens with zero attached hydrogens (tertiary/aromatic N) is 2. The number of rotatable bonds is 8. The molecule has 2 N–H and O–H groups in total. The van der Waals surface area contributed by atoms with Gasteiger partial charge in [0.25, 0.3) is 0 Å². The SMILES string of the molecule is COCCN1CCCN(C(=O)CCC(C)(C)CCN)CC1. The lowest BCUT2D eigenvalue weighted by atomic mass is 9.84. The molecule has 1 aliphatic heterocycles. The zero-order valence-corrected chi connectivity index (χ0v) is 14.1. The molecule has 0 aromatic heterocycles. The predicted octanol–water partition coefficient (Wildman–Crippen LogP) is 1.32. The first-order chi connectivity index (χ1) is 9.98. The van der Waals surface area contributed by atoms with E-state index >= 15 is 0 Å². The summed E-state index contributed by atoms with van der Waals surface area (Å²) in [6.45, 7) is 10.6. The fourth-order valence-corrected chi connectivity index (χ4v) is 2.78. The van der Waals surface area contributed by atoms with Gasteiger partial charge in [-0.2, -0.15) is 0 Å². The van der Waals surface area contributed by atoms with Crippen LogP contribution in [0.1, 0.15) is 39.5 Å². The van der Waals surface area contributed by atoms with Gasteiger partial charge in [0.1, 0.15) is 0 Å². The van der Waals surface area contributed by atoms with Crippen LogP contribution in [0.25, 0.3) is 0 Å². The van der Waals surface area contributed by atoms with E-state index in [9.17, 15) is 4.79 Å². The lowest BCUT2D eigenvalue weighted by Gasteiger charge is -2.26. The van der Waals surface area contributed by atoms with Crippen molar-refractivity contribution in [2.45, 2.75) is 39.5 Å². The number of ether oxygens (including phenoxy) is 1. The zero-order chi connectivity index (χ0) is 15.7. The Bertz CT molecular complexity index is 308. The van der Waals surface area contributed by atoms with Gasteiger partial charge in [-0.05, 0) is 37.8 Å². The van der Waals surface area contributed by atoms with Crippen LogP contribution in [0.5, 0.6) is 0 Å². The van der Waals surface area contributed by atoms with Crippen LogP contribution in [-0.2, 0) is 9.53 Å². The Balaban J connectivity index is 2.34. The quantitative estimate of drug-likeness (QED) is 0.734. The normalized spacial score (nSPS) is 17.8. The number of hydrogen-bond donors (Lipinski definition) is 1. The largest absolute Gasteiger partial charge is 0.383 e. The molecule has 1 amide bonds. The number of hydrogen-bond acceptors (Lipinski definition) is 4. The van der Waals surface area contributed by atoms with Crippen LogP contribution in [0.2, 0.25) is 0 Å². The Morgan fingerprint density at radius 1 is 1.19 bits per heavy atom. The van der Waals surface area contributed by atoms with Crippen LogP contribution in [0.15, 0.2) is 0 Å². The summed E-state index contributed by atoms with van der Waals surface area (Å²) in [6.07, 6.45) is 3.60. The molecule has 0 aliphatic carbocycles. The van der Waals surface area contributed by atoms with Crippen LogP contribution in [0.3, 0.4) is 0 Å². The highest BCUT2D eigenvalue weighted by Gasteiger charge is 2.22. The molecule has 124 valence electrons. The first-order valence-electron chi connectivity index (χ1n) is 8.17. The van der Waals surface area contributed by atoms with Crippen molar-refractivity contribution >= 4 is 5.91 Å². The van der Waals surface area contributed by atoms with E-state index in [4.69, 9.17) is 10.5 Å². The van der Waals surface area contributed by atoms with Crippen LogP contribution in [0, 0.1) is 5.41 Å². The van der Waals surface area contributed by atoms with E-state index < -0.39 is 0 Å². The summed E-state index contributed by atoms with van der Waals surface area (Å²) < 4.78 is 5.13. The average molecular weight is 299 g/mol. The molecule has 1 saturated heterocycles. The topological polar surface area (TPSA) is 58.8 Å². The molecule has 0 aromatic carbocycles. The summed E-state index contributed by atoms with van der Waals surface area (Å²) in [6, 6.07) is 0. The maximum atomic E-state index is 12.4. The molecular formula is C16H33N3O2. The second kappa shape index (κ2) is 9.38. The highest BCUT2D eigenvalue weighted by Crippen LogP contribution is 2.26. The average Bonchev–Trinajstić information content (AvgIpc) is 2.68. The van der Waals surface area contributed by atoms with E-state index in [1.54, 1.807) is 7.11 Å². The maximum Gasteiger partial charge on any atom is 0.222 e. The number of methoxy groups -OCH3 is 1. The molecule has 0 spiro atoms. The van der Waals surface area contributed by atoms with E-state index in [-0.39, 0.29) is 5.41 Å². The summed E-state index contributed by atoms with van der Waals surface area (Å²) >= 11 is 0. The fraction of sp³-hybridized carbons (Fsp3) is 0.938. The van der Waals surface area contributed by atoms with Gasteiger partial charge in [-0.3, -0.25) is 9.69 Å². The van der Waals surface area contributed by atoms with Gasteiger partial charge < -0.3 is 15.4 Å². The zero-order valence-electron chi connectivity index (χ0n) is 14.1. The second-order valence-corrected chi connectivity index (χ2v) is 6.77. The number of amides is 1. The van der Waals surface area contributed by atoms with Gasteiger partial charge >= 0.3 is 0 Å². The van der Waals surface area contributed by atoms with Crippen molar-refractivity contribution in [2.24, 2.45) is 11.1 Å². The lowest BCUT2D eigenvalue weighted by molar-refractivity contribution is -0.131. The Hall–Kier alpha value is -0.650. The molecule has 5 nitrogen and oxygen atoms in total. The standard InChI is InChI=1S/C16H33N3O2/c1-16(2,7-8-17)6-5-15(20)19-10-4-9-18(11-12-19)13-14-21-3/h4-14,17H2,1-3H3. The van der Waals surface area contributed by atoms with Crippen LogP contribution >= 0.6 is 0 Å². The van der Waals surface area contributed by atoms with E-state index in [2.05, 4.69) is 18.7 Å². The van der Waals surface area contributed by atoms with Crippen molar-refractivity contribution in [3.05, 3.63) is 0 Å². The first-order valence-corrected chi connectivity index (χ1v) is 8.17. The second-order valence-electron chi connectivity index (χ2n) is 6.77. The van der Waals surface area contributed by atoms with Gasteiger partial charge in [0, 0.05) is 39.7 Å². The molecule has 5 heteroatoms. The molecule has 0 saturated carbocycles. The van der Waals surface area contributed by atoms with E-state index in [1.165, 1.54) is 0 Å². The van der Waals surface area contributed by atoms with Gasteiger partial charge in [0.2, 0.25) is 5.91 Å². The first kappa shape index (κ1) is 18.4. The van der Waals surface area contributed by atoms with Crippen molar-refractivity contribution in [3.8, 4) is 0 Å². The fourth-order valence-electron chi connectivity index (χ4n) is 2.78. The summed E-state index contributed by atoms with van der Waals surface area (Å²) in [5.74, 6) is 0.300. The van der Waals surface area contributed by atoms with Crippen LogP contribution in [-0.4, -0.2) is 68.7 Å². The smallest absolute Gasteiger partial charge is 0.222 e. The minimum absolute atomic E-state index is 0.167. The summed E-state index contributed by atoms with van der Waals surface area (Å²) in [5.41, 5.74) is 5.80. The van der Waals surface area contributed by atoms with Crippen LogP contribution in [0.4, 0.5) is 0 Å². The number of nitrogens with two attached hydrogens (primary N) is 1. The molecule has 1 fully saturated rings. The van der Waals surface area contributed by atoms with Crippen molar-refractivity contribution in [3.63, 3.8) is 0 Å². The molecule has 1 rings (SSSR count). The van der Waals surface area contributed by atoms with Gasteiger partial charge in [0.15, 0.2) is 0 Å². The Labute approximate surface area is 129 Å². The minimum Gasteiger partial charge on any atom is -0.383 e. The molecule has 0 unspecified atom stereocenters. The van der Waals surface area contributed by atoms with Crippen molar-refractivity contribution in [2.75, 3.05) is 53.0 Å². The lowest BCUT2D eigenvalue weighted by Crippen LogP contribution is -2.36. The van der Waals surface area contributed by atoms with Crippen molar-refractivity contribution in [1.29, 1.82) is 0 Å². The number of carbonyl (C=O) groups is 1. The van der Waals surface area contributed by atoms with Gasteiger partial charge in [-0.1, -0.05) is 13.8 Å². The summed E-state index contributed by atoms with van der Waals surface area (Å²) in [7, 11) is 1.73. The Kier molecular flexibility index (Phi) is 8.22. The molecule has 1 aliphatic rings. The summed E-state index contributed by atoms with van der Waals surface area (Å²) in [5, 5.41) is 0. The van der Waals surface area contributed by atoms with E-state index in [0.29, 0.717) is 18.9 Å². The van der Waals surface area contributed by atoms with Crippen molar-refractivity contribution in [1.82, 2.24) is 9.80 Å². The molecule has 0 radical (unpaired) electrons. The molecule has 0 atom stereocenters. The minimum atomic E-state index is 0.167. The predicted molar refractivity (Wildman–Crippen MR) is 86.2 cm³/mol. The van der Waals surface area contributed by atoms with Crippen molar-refractivity contribution < 1.29 is 9.53 Å². The molecule has 0 aromatic rings. The van der Waals surface area contributed by atoms with Crippen LogP contribution < -0.4 is 5.73 Å². The molecule has 1 heterocycles. The molecular weight excluding hydrogens is 266 g/mol. The third kappa shape index (κ3) is 7.25. The monoisotopic (exact) mass is 299 g/mol. The van der Waals surface area contributed by atoms with Gasteiger partial charge in [-0.25, -0.2) is 0 Å². The van der Waals surface area contributed by atoms with E-state index in [0.717, 1.165) is 58.6 Å². The molecule has 0 bridgehead atoms. The third-order valence-corrected chi connectivity index (χ3v) is 4.39. The highest BCUT2D eigenvalue weighted by molar-refractivity contribution is 5.76. The van der Waals surface area contributed by atoms with Gasteiger partial charge in [0.05, 0.1) is 6.61 Å². The van der Waals surface area contributed by atoms with E-state index in [1.807, 2.05) is 4.90 Å². The number of carbonyl (C=O) groups excluding carboxylic acids is 1. The summed E-state index contributed by atoms with van der Waals surface area (Å²) in [4.78, 5) is 16.8.